The summed E-state index contributed by atoms with van der Waals surface area (Å²) in [5.41, 5.74) is -0.572. The first-order valence-corrected chi connectivity index (χ1v) is 5.59. The van der Waals surface area contributed by atoms with Crippen LogP contribution in [0, 0.1) is 0 Å². The molecule has 0 radical (unpaired) electrons. The topological polar surface area (TPSA) is 60.8 Å². The standard InChI is InChI=1S/C11H21NO3/c1-9(8-10(13)14)12-6-3-4-11(2,15)5-7-12/h9,15H,3-8H2,1-2H3,(H,13,14). The van der Waals surface area contributed by atoms with Crippen LogP contribution in [0.3, 0.4) is 0 Å². The third kappa shape index (κ3) is 4.18. The number of nitrogens with zero attached hydrogens (tertiary/aromatic N) is 1. The number of rotatable bonds is 3. The lowest BCUT2D eigenvalue weighted by atomic mass is 9.98. The van der Waals surface area contributed by atoms with Crippen LogP contribution < -0.4 is 0 Å². The van der Waals surface area contributed by atoms with Crippen molar-refractivity contribution >= 4 is 5.97 Å². The minimum Gasteiger partial charge on any atom is -0.481 e. The average Bonchev–Trinajstić information content (AvgIpc) is 2.25. The zero-order valence-corrected chi connectivity index (χ0v) is 9.57. The summed E-state index contributed by atoms with van der Waals surface area (Å²) in [5, 5.41) is 18.6. The Bertz CT molecular complexity index is 228. The second kappa shape index (κ2) is 4.94. The van der Waals surface area contributed by atoms with E-state index in [1.54, 1.807) is 0 Å². The first-order chi connectivity index (χ1) is 6.91. The third-order valence-corrected chi connectivity index (χ3v) is 3.19. The lowest BCUT2D eigenvalue weighted by molar-refractivity contribution is -0.138. The number of carboxylic acids is 1. The van der Waals surface area contributed by atoms with E-state index in [-0.39, 0.29) is 12.5 Å². The Morgan fingerprint density at radius 2 is 2.13 bits per heavy atom. The maximum atomic E-state index is 10.6. The van der Waals surface area contributed by atoms with Crippen molar-refractivity contribution in [1.82, 2.24) is 4.90 Å². The highest BCUT2D eigenvalue weighted by Crippen LogP contribution is 2.22. The molecule has 1 aliphatic heterocycles. The summed E-state index contributed by atoms with van der Waals surface area (Å²) in [7, 11) is 0. The fourth-order valence-electron chi connectivity index (χ4n) is 2.11. The average molecular weight is 215 g/mol. The van der Waals surface area contributed by atoms with Gasteiger partial charge in [-0.1, -0.05) is 0 Å². The molecule has 1 heterocycles. The number of likely N-dealkylation sites (tertiary alicyclic amines) is 1. The first kappa shape index (κ1) is 12.5. The van der Waals surface area contributed by atoms with Gasteiger partial charge in [-0.3, -0.25) is 9.69 Å². The summed E-state index contributed by atoms with van der Waals surface area (Å²) >= 11 is 0. The first-order valence-electron chi connectivity index (χ1n) is 5.59. The molecule has 0 aliphatic carbocycles. The number of hydrogen-bond acceptors (Lipinski definition) is 3. The molecule has 0 bridgehead atoms. The van der Waals surface area contributed by atoms with Gasteiger partial charge in [-0.25, -0.2) is 0 Å². The number of carboxylic acid groups (broad SMARTS) is 1. The van der Waals surface area contributed by atoms with Crippen LogP contribution in [0.5, 0.6) is 0 Å². The van der Waals surface area contributed by atoms with Crippen LogP contribution in [0.4, 0.5) is 0 Å². The highest BCUT2D eigenvalue weighted by molar-refractivity contribution is 5.67. The number of aliphatic carboxylic acids is 1. The second-order valence-electron chi connectivity index (χ2n) is 4.83. The molecular weight excluding hydrogens is 194 g/mol. The highest BCUT2D eigenvalue weighted by atomic mass is 16.4. The maximum Gasteiger partial charge on any atom is 0.304 e. The van der Waals surface area contributed by atoms with Crippen molar-refractivity contribution < 1.29 is 15.0 Å². The molecule has 88 valence electrons. The minimum absolute atomic E-state index is 0.0661. The van der Waals surface area contributed by atoms with Crippen LogP contribution in [0.25, 0.3) is 0 Å². The second-order valence-corrected chi connectivity index (χ2v) is 4.83. The Morgan fingerprint density at radius 1 is 1.47 bits per heavy atom. The van der Waals surface area contributed by atoms with Gasteiger partial charge in [-0.05, 0) is 39.7 Å². The molecule has 0 aromatic carbocycles. The SMILES string of the molecule is CC(CC(=O)O)N1CCCC(C)(O)CC1. The molecule has 0 saturated carbocycles. The quantitative estimate of drug-likeness (QED) is 0.739. The highest BCUT2D eigenvalue weighted by Gasteiger charge is 2.27. The zero-order chi connectivity index (χ0) is 11.5. The van der Waals surface area contributed by atoms with E-state index in [9.17, 15) is 9.90 Å². The summed E-state index contributed by atoms with van der Waals surface area (Å²) in [4.78, 5) is 12.8. The van der Waals surface area contributed by atoms with E-state index >= 15 is 0 Å². The summed E-state index contributed by atoms with van der Waals surface area (Å²) < 4.78 is 0. The Morgan fingerprint density at radius 3 is 2.73 bits per heavy atom. The number of hydrogen-bond donors (Lipinski definition) is 2. The third-order valence-electron chi connectivity index (χ3n) is 3.19. The van der Waals surface area contributed by atoms with Gasteiger partial charge >= 0.3 is 5.97 Å². The van der Waals surface area contributed by atoms with Crippen LogP contribution >= 0.6 is 0 Å². The molecule has 15 heavy (non-hydrogen) atoms. The molecule has 1 fully saturated rings. The lowest BCUT2D eigenvalue weighted by Gasteiger charge is -2.27. The van der Waals surface area contributed by atoms with Gasteiger partial charge < -0.3 is 10.2 Å². The molecule has 0 aromatic heterocycles. The molecule has 2 atom stereocenters. The molecular formula is C11H21NO3. The van der Waals surface area contributed by atoms with Gasteiger partial charge in [0, 0.05) is 12.6 Å². The van der Waals surface area contributed by atoms with Crippen molar-refractivity contribution in [3.05, 3.63) is 0 Å². The molecule has 1 rings (SSSR count). The molecule has 2 N–H and O–H groups in total. The smallest absolute Gasteiger partial charge is 0.304 e. The van der Waals surface area contributed by atoms with E-state index in [1.165, 1.54) is 0 Å². The number of aliphatic hydroxyl groups is 1. The molecule has 1 saturated heterocycles. The molecule has 0 spiro atoms. The molecule has 4 heteroatoms. The molecule has 2 unspecified atom stereocenters. The van der Waals surface area contributed by atoms with Crippen molar-refractivity contribution in [3.8, 4) is 0 Å². The van der Waals surface area contributed by atoms with Gasteiger partial charge in [0.05, 0.1) is 12.0 Å². The van der Waals surface area contributed by atoms with E-state index in [2.05, 4.69) is 4.90 Å². The van der Waals surface area contributed by atoms with Crippen molar-refractivity contribution in [3.63, 3.8) is 0 Å². The number of carbonyl (C=O) groups is 1. The summed E-state index contributed by atoms with van der Waals surface area (Å²) in [5.74, 6) is -0.751. The van der Waals surface area contributed by atoms with Crippen molar-refractivity contribution in [2.75, 3.05) is 13.1 Å². The summed E-state index contributed by atoms with van der Waals surface area (Å²) in [6, 6.07) is 0.0661. The fourth-order valence-corrected chi connectivity index (χ4v) is 2.11. The molecule has 4 nitrogen and oxygen atoms in total. The van der Waals surface area contributed by atoms with E-state index < -0.39 is 11.6 Å². The van der Waals surface area contributed by atoms with Crippen LogP contribution in [0.15, 0.2) is 0 Å². The predicted octanol–water partition coefficient (Wildman–Crippen LogP) is 1.09. The van der Waals surface area contributed by atoms with Crippen LogP contribution in [0.1, 0.15) is 39.5 Å². The zero-order valence-electron chi connectivity index (χ0n) is 9.57. The van der Waals surface area contributed by atoms with E-state index in [4.69, 9.17) is 5.11 Å². The summed E-state index contributed by atoms with van der Waals surface area (Å²) in [6.45, 7) is 5.48. The van der Waals surface area contributed by atoms with E-state index in [0.717, 1.165) is 32.4 Å². The molecule has 0 amide bonds. The minimum atomic E-state index is -0.751. The van der Waals surface area contributed by atoms with Gasteiger partial charge in [-0.15, -0.1) is 0 Å². The predicted molar refractivity (Wildman–Crippen MR) is 57.8 cm³/mol. The Labute approximate surface area is 90.9 Å². The van der Waals surface area contributed by atoms with Gasteiger partial charge in [0.25, 0.3) is 0 Å². The normalized spacial score (nSPS) is 30.9. The van der Waals surface area contributed by atoms with Crippen LogP contribution in [0.2, 0.25) is 0 Å². The Hall–Kier alpha value is -0.610. The van der Waals surface area contributed by atoms with E-state index in [1.807, 2.05) is 13.8 Å². The monoisotopic (exact) mass is 215 g/mol. The van der Waals surface area contributed by atoms with Crippen LogP contribution in [-0.4, -0.2) is 45.8 Å². The van der Waals surface area contributed by atoms with Crippen LogP contribution in [-0.2, 0) is 4.79 Å². The lowest BCUT2D eigenvalue weighted by Crippen LogP contribution is -2.36. The van der Waals surface area contributed by atoms with Crippen molar-refractivity contribution in [2.45, 2.75) is 51.2 Å². The van der Waals surface area contributed by atoms with Crippen molar-refractivity contribution in [2.24, 2.45) is 0 Å². The Kier molecular flexibility index (Phi) is 4.11. The van der Waals surface area contributed by atoms with Gasteiger partial charge in [-0.2, -0.15) is 0 Å². The Balaban J connectivity index is 2.46. The van der Waals surface area contributed by atoms with Gasteiger partial charge in [0.2, 0.25) is 0 Å². The van der Waals surface area contributed by atoms with Crippen molar-refractivity contribution in [1.29, 1.82) is 0 Å². The molecule has 0 aromatic rings. The van der Waals surface area contributed by atoms with Gasteiger partial charge in [0.15, 0.2) is 0 Å². The fraction of sp³-hybridized carbons (Fsp3) is 0.909. The summed E-state index contributed by atoms with van der Waals surface area (Å²) in [6.07, 6.45) is 2.67. The van der Waals surface area contributed by atoms with Gasteiger partial charge in [0.1, 0.15) is 0 Å². The molecule has 1 aliphatic rings. The largest absolute Gasteiger partial charge is 0.481 e. The van der Waals surface area contributed by atoms with E-state index in [0.29, 0.717) is 0 Å². The maximum absolute atomic E-state index is 10.6.